The molecule has 0 atom stereocenters. The summed E-state index contributed by atoms with van der Waals surface area (Å²) in [5.74, 6) is 0.0787. The Morgan fingerprint density at radius 1 is 1.30 bits per heavy atom. The van der Waals surface area contributed by atoms with Gasteiger partial charge in [0.25, 0.3) is 0 Å². The Kier molecular flexibility index (Phi) is 4.65. The SMILES string of the molecule is CC(C)(C)NC(=O)Cc1cccc(N2CCNCC2)c1. The van der Waals surface area contributed by atoms with Crippen molar-refractivity contribution in [1.82, 2.24) is 10.6 Å². The summed E-state index contributed by atoms with van der Waals surface area (Å²) in [5, 5.41) is 6.36. The molecule has 0 bridgehead atoms. The van der Waals surface area contributed by atoms with Crippen molar-refractivity contribution in [3.05, 3.63) is 29.8 Å². The van der Waals surface area contributed by atoms with E-state index in [-0.39, 0.29) is 11.4 Å². The van der Waals surface area contributed by atoms with E-state index in [0.29, 0.717) is 6.42 Å². The number of nitrogens with one attached hydrogen (secondary N) is 2. The molecule has 4 nitrogen and oxygen atoms in total. The fourth-order valence-electron chi connectivity index (χ4n) is 2.43. The van der Waals surface area contributed by atoms with Gasteiger partial charge in [-0.25, -0.2) is 0 Å². The van der Waals surface area contributed by atoms with Gasteiger partial charge in [-0.05, 0) is 38.5 Å². The maximum absolute atomic E-state index is 12.0. The average Bonchev–Trinajstić information content (AvgIpc) is 2.38. The molecule has 4 heteroatoms. The minimum Gasteiger partial charge on any atom is -0.369 e. The predicted molar refractivity (Wildman–Crippen MR) is 83.1 cm³/mol. The van der Waals surface area contributed by atoms with Gasteiger partial charge in [-0.1, -0.05) is 12.1 Å². The quantitative estimate of drug-likeness (QED) is 0.880. The molecule has 1 aliphatic rings. The molecule has 2 N–H and O–H groups in total. The van der Waals surface area contributed by atoms with E-state index < -0.39 is 0 Å². The zero-order valence-corrected chi connectivity index (χ0v) is 12.7. The first-order chi connectivity index (χ1) is 9.44. The summed E-state index contributed by atoms with van der Waals surface area (Å²) < 4.78 is 0. The summed E-state index contributed by atoms with van der Waals surface area (Å²) in [6.07, 6.45) is 0.442. The highest BCUT2D eigenvalue weighted by Gasteiger charge is 2.15. The number of carbonyl (C=O) groups excluding carboxylic acids is 1. The minimum absolute atomic E-state index is 0.0787. The van der Waals surface area contributed by atoms with Crippen LogP contribution in [0, 0.1) is 0 Å². The molecule has 0 aliphatic carbocycles. The van der Waals surface area contributed by atoms with E-state index >= 15 is 0 Å². The van der Waals surface area contributed by atoms with Gasteiger partial charge in [-0.2, -0.15) is 0 Å². The Hall–Kier alpha value is -1.55. The molecule has 1 fully saturated rings. The lowest BCUT2D eigenvalue weighted by Crippen LogP contribution is -2.43. The van der Waals surface area contributed by atoms with E-state index in [1.807, 2.05) is 32.9 Å². The Morgan fingerprint density at radius 2 is 2.00 bits per heavy atom. The van der Waals surface area contributed by atoms with Gasteiger partial charge in [0.05, 0.1) is 6.42 Å². The zero-order valence-electron chi connectivity index (χ0n) is 12.7. The molecule has 0 unspecified atom stereocenters. The summed E-state index contributed by atoms with van der Waals surface area (Å²) in [6.45, 7) is 10.1. The van der Waals surface area contributed by atoms with Crippen molar-refractivity contribution in [2.24, 2.45) is 0 Å². The first kappa shape index (κ1) is 14.9. The van der Waals surface area contributed by atoms with Crippen LogP contribution in [0.25, 0.3) is 0 Å². The van der Waals surface area contributed by atoms with Crippen molar-refractivity contribution < 1.29 is 4.79 Å². The number of amides is 1. The van der Waals surface area contributed by atoms with Crippen LogP contribution in [0.15, 0.2) is 24.3 Å². The van der Waals surface area contributed by atoms with E-state index in [1.165, 1.54) is 5.69 Å². The highest BCUT2D eigenvalue weighted by Crippen LogP contribution is 2.17. The lowest BCUT2D eigenvalue weighted by Gasteiger charge is -2.29. The van der Waals surface area contributed by atoms with Crippen LogP contribution in [0.1, 0.15) is 26.3 Å². The first-order valence-corrected chi connectivity index (χ1v) is 7.30. The Balaban J connectivity index is 2.00. The van der Waals surface area contributed by atoms with Crippen LogP contribution in [0.4, 0.5) is 5.69 Å². The van der Waals surface area contributed by atoms with E-state index in [0.717, 1.165) is 31.7 Å². The van der Waals surface area contributed by atoms with E-state index in [4.69, 9.17) is 0 Å². The molecule has 0 aromatic heterocycles. The van der Waals surface area contributed by atoms with Gasteiger partial charge < -0.3 is 15.5 Å². The van der Waals surface area contributed by atoms with Crippen molar-refractivity contribution in [2.45, 2.75) is 32.7 Å². The van der Waals surface area contributed by atoms with Gasteiger partial charge in [0.15, 0.2) is 0 Å². The van der Waals surface area contributed by atoms with Gasteiger partial charge in [0, 0.05) is 37.4 Å². The third-order valence-corrected chi connectivity index (χ3v) is 3.27. The molecule has 1 amide bonds. The molecule has 0 spiro atoms. The number of piperazine rings is 1. The second-order valence-electron chi connectivity index (χ2n) is 6.38. The molecule has 20 heavy (non-hydrogen) atoms. The van der Waals surface area contributed by atoms with E-state index in [9.17, 15) is 4.79 Å². The fraction of sp³-hybridized carbons (Fsp3) is 0.562. The number of hydrogen-bond acceptors (Lipinski definition) is 3. The highest BCUT2D eigenvalue weighted by molar-refractivity contribution is 5.79. The van der Waals surface area contributed by atoms with Crippen molar-refractivity contribution in [2.75, 3.05) is 31.1 Å². The summed E-state index contributed by atoms with van der Waals surface area (Å²) in [6, 6.07) is 8.31. The molecular weight excluding hydrogens is 250 g/mol. The van der Waals surface area contributed by atoms with Crippen LogP contribution in [-0.4, -0.2) is 37.6 Å². The Bertz CT molecular complexity index is 459. The van der Waals surface area contributed by atoms with Crippen LogP contribution < -0.4 is 15.5 Å². The Labute approximate surface area is 121 Å². The van der Waals surface area contributed by atoms with Crippen molar-refractivity contribution >= 4 is 11.6 Å². The first-order valence-electron chi connectivity index (χ1n) is 7.30. The van der Waals surface area contributed by atoms with Crippen molar-refractivity contribution in [3.63, 3.8) is 0 Å². The van der Waals surface area contributed by atoms with Gasteiger partial charge in [-0.3, -0.25) is 4.79 Å². The largest absolute Gasteiger partial charge is 0.369 e. The Morgan fingerprint density at radius 3 is 2.65 bits per heavy atom. The maximum atomic E-state index is 12.0. The summed E-state index contributed by atoms with van der Waals surface area (Å²) in [4.78, 5) is 14.3. The molecule has 110 valence electrons. The molecular formula is C16H25N3O. The lowest BCUT2D eigenvalue weighted by atomic mass is 10.1. The monoisotopic (exact) mass is 275 g/mol. The van der Waals surface area contributed by atoms with Gasteiger partial charge >= 0.3 is 0 Å². The molecule has 0 radical (unpaired) electrons. The average molecular weight is 275 g/mol. The minimum atomic E-state index is -0.173. The van der Waals surface area contributed by atoms with Crippen LogP contribution in [0.3, 0.4) is 0 Å². The second-order valence-corrected chi connectivity index (χ2v) is 6.38. The van der Waals surface area contributed by atoms with E-state index in [2.05, 4.69) is 27.7 Å². The van der Waals surface area contributed by atoms with Gasteiger partial charge in [0.1, 0.15) is 0 Å². The third kappa shape index (κ3) is 4.53. The molecule has 1 saturated heterocycles. The number of nitrogens with zero attached hydrogens (tertiary/aromatic N) is 1. The molecule has 1 heterocycles. The van der Waals surface area contributed by atoms with Crippen LogP contribution >= 0.6 is 0 Å². The normalized spacial score (nSPS) is 16.1. The molecule has 2 rings (SSSR count). The number of anilines is 1. The summed E-state index contributed by atoms with van der Waals surface area (Å²) in [5.41, 5.74) is 2.11. The smallest absolute Gasteiger partial charge is 0.224 e. The molecule has 1 aromatic carbocycles. The van der Waals surface area contributed by atoms with Crippen LogP contribution in [-0.2, 0) is 11.2 Å². The second kappa shape index (κ2) is 6.27. The highest BCUT2D eigenvalue weighted by atomic mass is 16.1. The van der Waals surface area contributed by atoms with Crippen molar-refractivity contribution in [1.29, 1.82) is 0 Å². The maximum Gasteiger partial charge on any atom is 0.224 e. The van der Waals surface area contributed by atoms with E-state index in [1.54, 1.807) is 0 Å². The topological polar surface area (TPSA) is 44.4 Å². The lowest BCUT2D eigenvalue weighted by molar-refractivity contribution is -0.121. The standard InChI is InChI=1S/C16H25N3O/c1-16(2,3)18-15(20)12-13-5-4-6-14(11-13)19-9-7-17-8-10-19/h4-6,11,17H,7-10,12H2,1-3H3,(H,18,20). The molecule has 0 saturated carbocycles. The zero-order chi connectivity index (χ0) is 14.6. The fourth-order valence-corrected chi connectivity index (χ4v) is 2.43. The predicted octanol–water partition coefficient (Wildman–Crippen LogP) is 1.55. The van der Waals surface area contributed by atoms with Gasteiger partial charge in [0.2, 0.25) is 5.91 Å². The molecule has 1 aliphatic heterocycles. The number of benzene rings is 1. The van der Waals surface area contributed by atoms with Crippen molar-refractivity contribution in [3.8, 4) is 0 Å². The third-order valence-electron chi connectivity index (χ3n) is 3.27. The summed E-state index contributed by atoms with van der Waals surface area (Å²) in [7, 11) is 0. The number of hydrogen-bond donors (Lipinski definition) is 2. The number of rotatable bonds is 3. The van der Waals surface area contributed by atoms with Gasteiger partial charge in [-0.15, -0.1) is 0 Å². The van der Waals surface area contributed by atoms with Crippen LogP contribution in [0.2, 0.25) is 0 Å². The molecule has 1 aromatic rings. The van der Waals surface area contributed by atoms with Crippen LogP contribution in [0.5, 0.6) is 0 Å². The summed E-state index contributed by atoms with van der Waals surface area (Å²) >= 11 is 0. The number of carbonyl (C=O) groups is 1.